The van der Waals surface area contributed by atoms with Crippen molar-refractivity contribution in [2.24, 2.45) is 4.99 Å². The molecule has 2 aromatic heterocycles. The number of hydrogen-bond acceptors (Lipinski definition) is 5. The fourth-order valence-corrected chi connectivity index (χ4v) is 2.72. The van der Waals surface area contributed by atoms with E-state index in [1.54, 1.807) is 24.6 Å². The van der Waals surface area contributed by atoms with E-state index in [1.807, 2.05) is 13.0 Å². The summed E-state index contributed by atoms with van der Waals surface area (Å²) in [6.07, 6.45) is 1.76. The van der Waals surface area contributed by atoms with Gasteiger partial charge in [-0.2, -0.15) is 0 Å². The summed E-state index contributed by atoms with van der Waals surface area (Å²) < 4.78 is 0. The molecule has 0 atom stereocenters. The molecule has 0 saturated carbocycles. The minimum atomic E-state index is 0.462. The molecule has 0 aromatic carbocycles. The first-order valence-corrected chi connectivity index (χ1v) is 8.13. The molecule has 0 aliphatic carbocycles. The number of guanidine groups is 1. The molecule has 0 fully saturated rings. The number of hydrogen-bond donors (Lipinski definition) is 2. The first kappa shape index (κ1) is 16.4. The Morgan fingerprint density at radius 3 is 2.68 bits per heavy atom. The molecule has 0 saturated heterocycles. The maximum absolute atomic E-state index is 4.60. The van der Waals surface area contributed by atoms with Crippen LogP contribution in [0.1, 0.15) is 42.0 Å². The maximum atomic E-state index is 4.60. The standard InChI is InChI=1S/C15H22N6S/c1-10(2)13-9-22-14(21-13)8-19-15(16-4)18-7-12-5-6-17-11(3)20-12/h5-6,9-10H,7-8H2,1-4H3,(H2,16,18,19). The summed E-state index contributed by atoms with van der Waals surface area (Å²) in [5.74, 6) is 1.97. The Morgan fingerprint density at radius 2 is 2.05 bits per heavy atom. The largest absolute Gasteiger partial charge is 0.351 e. The molecule has 0 unspecified atom stereocenters. The van der Waals surface area contributed by atoms with Crippen LogP contribution in [0.2, 0.25) is 0 Å². The number of rotatable bonds is 5. The van der Waals surface area contributed by atoms with E-state index in [0.717, 1.165) is 28.2 Å². The lowest BCUT2D eigenvalue weighted by Gasteiger charge is -2.10. The lowest BCUT2D eigenvalue weighted by molar-refractivity contribution is 0.773. The first-order chi connectivity index (χ1) is 10.6. The van der Waals surface area contributed by atoms with Crippen molar-refractivity contribution in [1.29, 1.82) is 0 Å². The van der Waals surface area contributed by atoms with Gasteiger partial charge in [-0.15, -0.1) is 11.3 Å². The summed E-state index contributed by atoms with van der Waals surface area (Å²) in [7, 11) is 1.75. The average Bonchev–Trinajstić information content (AvgIpc) is 2.97. The Kier molecular flexibility index (Phi) is 5.83. The van der Waals surface area contributed by atoms with Gasteiger partial charge in [-0.3, -0.25) is 4.99 Å². The molecule has 0 radical (unpaired) electrons. The van der Waals surface area contributed by atoms with Crippen LogP contribution in [-0.2, 0) is 13.1 Å². The monoisotopic (exact) mass is 318 g/mol. The molecular weight excluding hydrogens is 296 g/mol. The van der Waals surface area contributed by atoms with Gasteiger partial charge in [0.2, 0.25) is 0 Å². The summed E-state index contributed by atoms with van der Waals surface area (Å²) in [4.78, 5) is 17.3. The minimum absolute atomic E-state index is 0.462. The Balaban J connectivity index is 1.84. The van der Waals surface area contributed by atoms with E-state index >= 15 is 0 Å². The lowest BCUT2D eigenvalue weighted by Crippen LogP contribution is -2.36. The molecule has 6 nitrogen and oxygen atoms in total. The van der Waals surface area contributed by atoms with Gasteiger partial charge in [-0.1, -0.05) is 13.8 Å². The highest BCUT2D eigenvalue weighted by atomic mass is 32.1. The summed E-state index contributed by atoms with van der Waals surface area (Å²) in [6.45, 7) is 7.45. The SMILES string of the molecule is CN=C(NCc1ccnc(C)n1)NCc1nc(C(C)C)cs1. The van der Waals surface area contributed by atoms with E-state index < -0.39 is 0 Å². The molecule has 7 heteroatoms. The van der Waals surface area contributed by atoms with Gasteiger partial charge < -0.3 is 10.6 Å². The van der Waals surface area contributed by atoms with Crippen LogP contribution >= 0.6 is 11.3 Å². The van der Waals surface area contributed by atoms with Crippen molar-refractivity contribution >= 4 is 17.3 Å². The van der Waals surface area contributed by atoms with E-state index in [9.17, 15) is 0 Å². The number of aryl methyl sites for hydroxylation is 1. The van der Waals surface area contributed by atoms with Crippen LogP contribution in [0.5, 0.6) is 0 Å². The van der Waals surface area contributed by atoms with E-state index in [4.69, 9.17) is 0 Å². The predicted molar refractivity (Wildman–Crippen MR) is 90.0 cm³/mol. The van der Waals surface area contributed by atoms with Crippen molar-refractivity contribution in [3.8, 4) is 0 Å². The van der Waals surface area contributed by atoms with Crippen LogP contribution in [-0.4, -0.2) is 28.0 Å². The van der Waals surface area contributed by atoms with E-state index in [2.05, 4.69) is 49.8 Å². The Labute approximate surface area is 135 Å². The van der Waals surface area contributed by atoms with Gasteiger partial charge in [-0.05, 0) is 18.9 Å². The number of thiazole rings is 1. The second-order valence-electron chi connectivity index (χ2n) is 5.20. The Hall–Kier alpha value is -2.02. The predicted octanol–water partition coefficient (Wildman–Crippen LogP) is 2.23. The molecule has 0 aliphatic rings. The normalized spacial score (nSPS) is 11.8. The van der Waals surface area contributed by atoms with E-state index in [0.29, 0.717) is 19.0 Å². The molecule has 2 N–H and O–H groups in total. The third kappa shape index (κ3) is 4.77. The van der Waals surface area contributed by atoms with Crippen molar-refractivity contribution in [2.75, 3.05) is 7.05 Å². The fraction of sp³-hybridized carbons (Fsp3) is 0.467. The lowest BCUT2D eigenvalue weighted by atomic mass is 10.2. The molecule has 2 aromatic rings. The zero-order valence-electron chi connectivity index (χ0n) is 13.4. The van der Waals surface area contributed by atoms with Crippen LogP contribution in [0.25, 0.3) is 0 Å². The number of aliphatic imine (C=N–C) groups is 1. The highest BCUT2D eigenvalue weighted by Crippen LogP contribution is 2.17. The minimum Gasteiger partial charge on any atom is -0.351 e. The zero-order valence-corrected chi connectivity index (χ0v) is 14.2. The van der Waals surface area contributed by atoms with Crippen LogP contribution in [0.3, 0.4) is 0 Å². The number of aromatic nitrogens is 3. The van der Waals surface area contributed by atoms with Gasteiger partial charge >= 0.3 is 0 Å². The van der Waals surface area contributed by atoms with Gasteiger partial charge in [0, 0.05) is 18.6 Å². The summed E-state index contributed by atoms with van der Waals surface area (Å²) in [5.41, 5.74) is 2.08. The highest BCUT2D eigenvalue weighted by molar-refractivity contribution is 7.09. The van der Waals surface area contributed by atoms with Gasteiger partial charge in [0.05, 0.1) is 24.5 Å². The van der Waals surface area contributed by atoms with Crippen molar-refractivity contribution in [2.45, 2.75) is 39.8 Å². The van der Waals surface area contributed by atoms with Gasteiger partial charge in [0.15, 0.2) is 5.96 Å². The Bertz CT molecular complexity index is 634. The molecule has 22 heavy (non-hydrogen) atoms. The number of nitrogens with one attached hydrogen (secondary N) is 2. The summed E-state index contributed by atoms with van der Waals surface area (Å²) in [6, 6.07) is 1.89. The van der Waals surface area contributed by atoms with Crippen LogP contribution in [0.15, 0.2) is 22.6 Å². The quantitative estimate of drug-likeness (QED) is 0.653. The molecule has 0 bridgehead atoms. The van der Waals surface area contributed by atoms with E-state index in [1.165, 1.54) is 0 Å². The van der Waals surface area contributed by atoms with Crippen LogP contribution < -0.4 is 10.6 Å². The highest BCUT2D eigenvalue weighted by Gasteiger charge is 2.06. The van der Waals surface area contributed by atoms with E-state index in [-0.39, 0.29) is 0 Å². The molecule has 118 valence electrons. The van der Waals surface area contributed by atoms with Gasteiger partial charge in [0.25, 0.3) is 0 Å². The fourth-order valence-electron chi connectivity index (χ4n) is 1.83. The third-order valence-electron chi connectivity index (χ3n) is 3.06. The second kappa shape index (κ2) is 7.84. The molecule has 0 amide bonds. The summed E-state index contributed by atoms with van der Waals surface area (Å²) >= 11 is 1.67. The molecule has 0 aliphatic heterocycles. The van der Waals surface area contributed by atoms with Gasteiger partial charge in [-0.25, -0.2) is 15.0 Å². The van der Waals surface area contributed by atoms with Crippen LogP contribution in [0.4, 0.5) is 0 Å². The second-order valence-corrected chi connectivity index (χ2v) is 6.14. The van der Waals surface area contributed by atoms with Gasteiger partial charge in [0.1, 0.15) is 10.8 Å². The van der Waals surface area contributed by atoms with Crippen LogP contribution in [0, 0.1) is 6.92 Å². The van der Waals surface area contributed by atoms with Crippen molar-refractivity contribution in [3.63, 3.8) is 0 Å². The molecular formula is C15H22N6S. The third-order valence-corrected chi connectivity index (χ3v) is 3.93. The zero-order chi connectivity index (χ0) is 15.9. The maximum Gasteiger partial charge on any atom is 0.191 e. The van der Waals surface area contributed by atoms with Crippen molar-refractivity contribution < 1.29 is 0 Å². The molecule has 2 heterocycles. The Morgan fingerprint density at radius 1 is 1.27 bits per heavy atom. The first-order valence-electron chi connectivity index (χ1n) is 7.26. The summed E-state index contributed by atoms with van der Waals surface area (Å²) in [5, 5.41) is 9.68. The van der Waals surface area contributed by atoms with Crippen molar-refractivity contribution in [1.82, 2.24) is 25.6 Å². The molecule has 2 rings (SSSR count). The number of nitrogens with zero attached hydrogens (tertiary/aromatic N) is 4. The average molecular weight is 318 g/mol. The van der Waals surface area contributed by atoms with Crippen molar-refractivity contribution in [3.05, 3.63) is 39.9 Å². The smallest absolute Gasteiger partial charge is 0.191 e. The topological polar surface area (TPSA) is 75.1 Å². The molecule has 0 spiro atoms.